The molecule has 7 heteroatoms. The standard InChI is InChI=1S/C21H30N4OS.HI/c1-4-22-21(25-17-9-10-19(13-17)27-3)23-12-11-18-14-26-20(24-18)16-7-5-15(2)6-8-16;/h5-8,14,17,19H,4,9-13H2,1-3H3,(H2,22,23,25);1H. The van der Waals surface area contributed by atoms with Gasteiger partial charge in [0.05, 0.1) is 5.69 Å². The van der Waals surface area contributed by atoms with Gasteiger partial charge in [-0.25, -0.2) is 4.98 Å². The number of oxazole rings is 1. The molecule has 2 atom stereocenters. The lowest BCUT2D eigenvalue weighted by molar-refractivity contribution is 0.572. The first-order chi connectivity index (χ1) is 13.2. The van der Waals surface area contributed by atoms with Crippen LogP contribution in [0.1, 0.15) is 37.4 Å². The fourth-order valence-corrected chi connectivity index (χ4v) is 4.13. The van der Waals surface area contributed by atoms with Crippen molar-refractivity contribution in [1.29, 1.82) is 0 Å². The van der Waals surface area contributed by atoms with Crippen LogP contribution < -0.4 is 10.6 Å². The van der Waals surface area contributed by atoms with E-state index in [-0.39, 0.29) is 24.0 Å². The lowest BCUT2D eigenvalue weighted by Crippen LogP contribution is -2.42. The monoisotopic (exact) mass is 514 g/mol. The Morgan fingerprint density at radius 1 is 1.29 bits per heavy atom. The number of aryl methyl sites for hydroxylation is 1. The molecule has 1 aromatic heterocycles. The van der Waals surface area contributed by atoms with Crippen LogP contribution in [-0.4, -0.2) is 41.6 Å². The molecule has 2 N–H and O–H groups in total. The van der Waals surface area contributed by atoms with Crippen molar-refractivity contribution in [3.8, 4) is 11.5 Å². The van der Waals surface area contributed by atoms with Gasteiger partial charge in [0.2, 0.25) is 5.89 Å². The van der Waals surface area contributed by atoms with Crippen molar-refractivity contribution in [1.82, 2.24) is 15.6 Å². The molecule has 154 valence electrons. The molecule has 3 rings (SSSR count). The van der Waals surface area contributed by atoms with Crippen molar-refractivity contribution < 1.29 is 4.42 Å². The van der Waals surface area contributed by atoms with Gasteiger partial charge < -0.3 is 15.1 Å². The van der Waals surface area contributed by atoms with Crippen LogP contribution in [0.4, 0.5) is 0 Å². The van der Waals surface area contributed by atoms with Crippen molar-refractivity contribution in [3.63, 3.8) is 0 Å². The van der Waals surface area contributed by atoms with Gasteiger partial charge >= 0.3 is 0 Å². The maximum Gasteiger partial charge on any atom is 0.226 e. The number of nitrogens with one attached hydrogen (secondary N) is 2. The molecular formula is C21H31IN4OS. The number of aliphatic imine (C=N–C) groups is 1. The van der Waals surface area contributed by atoms with Crippen molar-refractivity contribution in [2.24, 2.45) is 4.99 Å². The molecule has 2 unspecified atom stereocenters. The Morgan fingerprint density at radius 2 is 2.07 bits per heavy atom. The van der Waals surface area contributed by atoms with Crippen LogP contribution in [-0.2, 0) is 6.42 Å². The van der Waals surface area contributed by atoms with E-state index in [4.69, 9.17) is 9.41 Å². The summed E-state index contributed by atoms with van der Waals surface area (Å²) in [5, 5.41) is 7.72. The Morgan fingerprint density at radius 3 is 2.75 bits per heavy atom. The van der Waals surface area contributed by atoms with Crippen LogP contribution in [0.2, 0.25) is 0 Å². The Labute approximate surface area is 189 Å². The van der Waals surface area contributed by atoms with Crippen molar-refractivity contribution in [2.75, 3.05) is 19.3 Å². The second-order valence-corrected chi connectivity index (χ2v) is 8.17. The molecule has 5 nitrogen and oxygen atoms in total. The fourth-order valence-electron chi connectivity index (χ4n) is 3.33. The van der Waals surface area contributed by atoms with Gasteiger partial charge in [-0.05, 0) is 51.5 Å². The number of nitrogens with zero attached hydrogens (tertiary/aromatic N) is 2. The van der Waals surface area contributed by atoms with Gasteiger partial charge in [-0.1, -0.05) is 17.7 Å². The van der Waals surface area contributed by atoms with Gasteiger partial charge in [0.1, 0.15) is 6.26 Å². The molecule has 2 aromatic rings. The minimum absolute atomic E-state index is 0. The van der Waals surface area contributed by atoms with E-state index >= 15 is 0 Å². The molecule has 1 aliphatic rings. The van der Waals surface area contributed by atoms with E-state index in [1.807, 2.05) is 23.9 Å². The second kappa shape index (κ2) is 11.7. The van der Waals surface area contributed by atoms with Crippen LogP contribution in [0.3, 0.4) is 0 Å². The van der Waals surface area contributed by atoms with Crippen LogP contribution in [0, 0.1) is 6.92 Å². The van der Waals surface area contributed by atoms with Gasteiger partial charge in [-0.2, -0.15) is 11.8 Å². The van der Waals surface area contributed by atoms with Gasteiger partial charge in [0.15, 0.2) is 5.96 Å². The van der Waals surface area contributed by atoms with Gasteiger partial charge in [-0.15, -0.1) is 24.0 Å². The van der Waals surface area contributed by atoms with E-state index in [0.29, 0.717) is 18.5 Å². The van der Waals surface area contributed by atoms with Crippen LogP contribution >= 0.6 is 35.7 Å². The largest absolute Gasteiger partial charge is 0.444 e. The van der Waals surface area contributed by atoms with E-state index in [9.17, 15) is 0 Å². The average Bonchev–Trinajstić information content (AvgIpc) is 3.32. The molecule has 1 aliphatic carbocycles. The summed E-state index contributed by atoms with van der Waals surface area (Å²) in [7, 11) is 0. The maximum absolute atomic E-state index is 5.63. The quantitative estimate of drug-likeness (QED) is 0.320. The molecule has 1 aromatic carbocycles. The topological polar surface area (TPSA) is 62.5 Å². The highest BCUT2D eigenvalue weighted by atomic mass is 127. The Hall–Kier alpha value is -1.22. The predicted octanol–water partition coefficient (Wildman–Crippen LogP) is 4.65. The molecule has 0 spiro atoms. The minimum Gasteiger partial charge on any atom is -0.444 e. The van der Waals surface area contributed by atoms with E-state index < -0.39 is 0 Å². The first-order valence-corrected chi connectivity index (χ1v) is 11.1. The first kappa shape index (κ1) is 23.1. The van der Waals surface area contributed by atoms with Crippen molar-refractivity contribution >= 4 is 41.7 Å². The van der Waals surface area contributed by atoms with Gasteiger partial charge in [-0.3, -0.25) is 4.99 Å². The van der Waals surface area contributed by atoms with Crippen molar-refractivity contribution in [2.45, 2.75) is 50.8 Å². The molecule has 0 bridgehead atoms. The molecule has 1 heterocycles. The third kappa shape index (κ3) is 6.69. The molecule has 1 fully saturated rings. The second-order valence-electron chi connectivity index (χ2n) is 7.03. The molecule has 0 aliphatic heterocycles. The summed E-state index contributed by atoms with van der Waals surface area (Å²) in [5.74, 6) is 1.58. The zero-order valence-corrected chi connectivity index (χ0v) is 20.1. The first-order valence-electron chi connectivity index (χ1n) is 9.77. The number of benzene rings is 1. The summed E-state index contributed by atoms with van der Waals surface area (Å²) in [6.45, 7) is 5.73. The van der Waals surface area contributed by atoms with Crippen LogP contribution in [0.5, 0.6) is 0 Å². The Balaban J connectivity index is 0.00000280. The lowest BCUT2D eigenvalue weighted by Gasteiger charge is -2.17. The van der Waals surface area contributed by atoms with E-state index in [2.05, 4.69) is 47.9 Å². The third-order valence-corrected chi connectivity index (χ3v) is 5.99. The summed E-state index contributed by atoms with van der Waals surface area (Å²) < 4.78 is 5.63. The Bertz CT molecular complexity index is 747. The smallest absolute Gasteiger partial charge is 0.226 e. The summed E-state index contributed by atoms with van der Waals surface area (Å²) in [4.78, 5) is 9.32. The number of guanidine groups is 1. The molecule has 0 saturated heterocycles. The van der Waals surface area contributed by atoms with Crippen LogP contribution in [0.15, 0.2) is 39.9 Å². The van der Waals surface area contributed by atoms with E-state index in [1.165, 1.54) is 24.8 Å². The number of thioether (sulfide) groups is 1. The molecule has 28 heavy (non-hydrogen) atoms. The number of aromatic nitrogens is 1. The zero-order valence-electron chi connectivity index (χ0n) is 16.9. The molecule has 1 saturated carbocycles. The number of hydrogen-bond donors (Lipinski definition) is 2. The summed E-state index contributed by atoms with van der Waals surface area (Å²) in [6, 6.07) is 8.75. The van der Waals surface area contributed by atoms with Gasteiger partial charge in [0, 0.05) is 36.4 Å². The highest BCUT2D eigenvalue weighted by Gasteiger charge is 2.24. The van der Waals surface area contributed by atoms with Crippen molar-refractivity contribution in [3.05, 3.63) is 41.8 Å². The normalized spacial score (nSPS) is 19.3. The molecule has 0 radical (unpaired) electrons. The number of halogens is 1. The summed E-state index contributed by atoms with van der Waals surface area (Å²) in [5.41, 5.74) is 3.18. The van der Waals surface area contributed by atoms with Gasteiger partial charge in [0.25, 0.3) is 0 Å². The molecular weight excluding hydrogens is 483 g/mol. The highest BCUT2D eigenvalue weighted by Crippen LogP contribution is 2.28. The summed E-state index contributed by atoms with van der Waals surface area (Å²) in [6.07, 6.45) is 8.44. The summed E-state index contributed by atoms with van der Waals surface area (Å²) >= 11 is 1.97. The van der Waals surface area contributed by atoms with E-state index in [1.54, 1.807) is 6.26 Å². The number of rotatable bonds is 7. The Kier molecular flexibility index (Phi) is 9.64. The maximum atomic E-state index is 5.63. The van der Waals surface area contributed by atoms with E-state index in [0.717, 1.165) is 35.4 Å². The molecule has 0 amide bonds. The highest BCUT2D eigenvalue weighted by molar-refractivity contribution is 14.0. The minimum atomic E-state index is 0. The zero-order chi connectivity index (χ0) is 19.1. The third-order valence-electron chi connectivity index (χ3n) is 4.89. The lowest BCUT2D eigenvalue weighted by atomic mass is 10.1. The fraction of sp³-hybridized carbons (Fsp3) is 0.524. The number of hydrogen-bond acceptors (Lipinski definition) is 4. The predicted molar refractivity (Wildman–Crippen MR) is 130 cm³/mol. The average molecular weight is 514 g/mol. The van der Waals surface area contributed by atoms with Crippen LogP contribution in [0.25, 0.3) is 11.5 Å². The SMILES string of the molecule is CCNC(=NCCc1coc(-c2ccc(C)cc2)n1)NC1CCC(SC)C1.I.